The van der Waals surface area contributed by atoms with Crippen LogP contribution in [0.4, 0.5) is 0 Å². The van der Waals surface area contributed by atoms with Gasteiger partial charge in [0.1, 0.15) is 6.33 Å². The number of rotatable bonds is 7. The molecular formula is C18H26N6O2. The number of tetrazole rings is 1. The second kappa shape index (κ2) is 8.86. The average Bonchev–Trinajstić information content (AvgIpc) is 3.11. The molecule has 1 aromatic carbocycles. The van der Waals surface area contributed by atoms with Gasteiger partial charge >= 0.3 is 0 Å². The number of carbonyl (C=O) groups is 1. The molecule has 8 nitrogen and oxygen atoms in total. The second-order valence-corrected chi connectivity index (χ2v) is 6.89. The predicted octanol–water partition coefficient (Wildman–Crippen LogP) is 0.710. The molecule has 0 radical (unpaired) electrons. The zero-order valence-electron chi connectivity index (χ0n) is 14.9. The molecule has 140 valence electrons. The Labute approximate surface area is 153 Å². The van der Waals surface area contributed by atoms with Crippen molar-refractivity contribution in [2.45, 2.75) is 37.8 Å². The van der Waals surface area contributed by atoms with Gasteiger partial charge in [-0.15, -0.1) is 5.10 Å². The monoisotopic (exact) mass is 358 g/mol. The van der Waals surface area contributed by atoms with Crippen molar-refractivity contribution in [1.82, 2.24) is 30.4 Å². The number of nitrogens with one attached hydrogen (secondary N) is 1. The molecule has 1 amide bonds. The Bertz CT molecular complexity index is 678. The molecule has 1 atom stereocenters. The molecule has 0 unspecified atom stereocenters. The predicted molar refractivity (Wildman–Crippen MR) is 96.5 cm³/mol. The maximum atomic E-state index is 12.2. The number of benzene rings is 1. The number of carbonyl (C=O) groups excluding carboxylic acids is 1. The molecule has 8 heteroatoms. The Morgan fingerprint density at radius 3 is 2.81 bits per heavy atom. The van der Waals surface area contributed by atoms with Crippen molar-refractivity contribution >= 4 is 5.91 Å². The topological polar surface area (TPSA) is 96.2 Å². The lowest BCUT2D eigenvalue weighted by Gasteiger charge is -2.27. The second-order valence-electron chi connectivity index (χ2n) is 6.89. The zero-order chi connectivity index (χ0) is 18.2. The molecule has 2 heterocycles. The van der Waals surface area contributed by atoms with Crippen molar-refractivity contribution in [3.63, 3.8) is 0 Å². The van der Waals surface area contributed by atoms with E-state index in [1.165, 1.54) is 0 Å². The maximum Gasteiger partial charge on any atom is 0.251 e. The highest BCUT2D eigenvalue weighted by Crippen LogP contribution is 2.22. The van der Waals surface area contributed by atoms with E-state index in [9.17, 15) is 9.90 Å². The largest absolute Gasteiger partial charge is 0.388 e. The van der Waals surface area contributed by atoms with Crippen molar-refractivity contribution in [3.05, 3.63) is 42.2 Å². The first kappa shape index (κ1) is 18.5. The van der Waals surface area contributed by atoms with Gasteiger partial charge in [-0.1, -0.05) is 18.2 Å². The Balaban J connectivity index is 1.42. The van der Waals surface area contributed by atoms with Crippen molar-refractivity contribution in [3.8, 4) is 0 Å². The van der Waals surface area contributed by atoms with Gasteiger partial charge < -0.3 is 15.3 Å². The molecule has 0 spiro atoms. The Morgan fingerprint density at radius 2 is 2.04 bits per heavy atom. The number of aromatic nitrogens is 4. The number of hydrogen-bond acceptors (Lipinski definition) is 6. The highest BCUT2D eigenvalue weighted by Gasteiger charge is 2.30. The van der Waals surface area contributed by atoms with Crippen molar-refractivity contribution in [2.75, 3.05) is 26.2 Å². The number of aliphatic hydroxyl groups is 1. The minimum atomic E-state index is -0.838. The van der Waals surface area contributed by atoms with Crippen LogP contribution in [0, 0.1) is 0 Å². The molecule has 2 N–H and O–H groups in total. The van der Waals surface area contributed by atoms with Gasteiger partial charge in [-0.2, -0.15) is 0 Å². The summed E-state index contributed by atoms with van der Waals surface area (Å²) in [4.78, 5) is 14.5. The van der Waals surface area contributed by atoms with Gasteiger partial charge in [0.05, 0.1) is 5.60 Å². The standard InChI is InChI=1S/C18H26N6O2/c25-17(16-6-2-1-3-7-16)19-14-18(26)8-4-10-23(13-9-18)11-5-12-24-15-20-21-22-24/h1-3,6-7,15,26H,4-5,8-14H2,(H,19,25)/t18-/m1/s1. The molecule has 0 saturated carbocycles. The fraction of sp³-hybridized carbons (Fsp3) is 0.556. The molecule has 26 heavy (non-hydrogen) atoms. The first-order valence-corrected chi connectivity index (χ1v) is 9.13. The average molecular weight is 358 g/mol. The number of likely N-dealkylation sites (tertiary alicyclic amines) is 1. The van der Waals surface area contributed by atoms with Crippen LogP contribution in [0.3, 0.4) is 0 Å². The summed E-state index contributed by atoms with van der Waals surface area (Å²) in [7, 11) is 0. The summed E-state index contributed by atoms with van der Waals surface area (Å²) in [6.45, 7) is 3.82. The van der Waals surface area contributed by atoms with Gasteiger partial charge in [0, 0.05) is 25.2 Å². The number of hydrogen-bond donors (Lipinski definition) is 2. The lowest BCUT2D eigenvalue weighted by Crippen LogP contribution is -2.43. The summed E-state index contributed by atoms with van der Waals surface area (Å²) < 4.78 is 1.73. The molecule has 3 rings (SSSR count). The summed E-state index contributed by atoms with van der Waals surface area (Å²) in [5.41, 5.74) is -0.219. The fourth-order valence-electron chi connectivity index (χ4n) is 3.31. The summed E-state index contributed by atoms with van der Waals surface area (Å²) in [6.07, 6.45) is 4.87. The van der Waals surface area contributed by atoms with E-state index < -0.39 is 5.60 Å². The van der Waals surface area contributed by atoms with Gasteiger partial charge in [0.2, 0.25) is 0 Å². The van der Waals surface area contributed by atoms with Crippen LogP contribution in [0.5, 0.6) is 0 Å². The van der Waals surface area contributed by atoms with E-state index in [-0.39, 0.29) is 5.91 Å². The zero-order valence-corrected chi connectivity index (χ0v) is 14.9. The minimum Gasteiger partial charge on any atom is -0.388 e. The van der Waals surface area contributed by atoms with Crippen LogP contribution in [0.25, 0.3) is 0 Å². The number of nitrogens with zero attached hydrogens (tertiary/aromatic N) is 5. The van der Waals surface area contributed by atoms with Gasteiger partial charge in [-0.25, -0.2) is 4.68 Å². The summed E-state index contributed by atoms with van der Waals surface area (Å²) in [5.74, 6) is -0.137. The van der Waals surface area contributed by atoms with Crippen LogP contribution in [0.15, 0.2) is 36.7 Å². The van der Waals surface area contributed by atoms with Gasteiger partial charge in [0.25, 0.3) is 5.91 Å². The van der Waals surface area contributed by atoms with Crippen molar-refractivity contribution in [2.24, 2.45) is 0 Å². The molecule has 0 aliphatic carbocycles. The number of amides is 1. The normalized spacial score (nSPS) is 21.3. The van der Waals surface area contributed by atoms with Gasteiger partial charge in [-0.3, -0.25) is 4.79 Å². The van der Waals surface area contributed by atoms with E-state index in [0.29, 0.717) is 24.9 Å². The van der Waals surface area contributed by atoms with Crippen LogP contribution in [-0.2, 0) is 6.54 Å². The number of aryl methyl sites for hydroxylation is 1. The van der Waals surface area contributed by atoms with E-state index in [4.69, 9.17) is 0 Å². The highest BCUT2D eigenvalue weighted by atomic mass is 16.3. The van der Waals surface area contributed by atoms with Crippen LogP contribution < -0.4 is 5.32 Å². The molecule has 1 saturated heterocycles. The van der Waals surface area contributed by atoms with Crippen LogP contribution in [0.1, 0.15) is 36.0 Å². The van der Waals surface area contributed by atoms with E-state index in [0.717, 1.165) is 39.0 Å². The van der Waals surface area contributed by atoms with E-state index in [1.807, 2.05) is 18.2 Å². The molecule has 1 fully saturated rings. The summed E-state index contributed by atoms with van der Waals surface area (Å²) in [6, 6.07) is 9.10. The van der Waals surface area contributed by atoms with Crippen LogP contribution >= 0.6 is 0 Å². The van der Waals surface area contributed by atoms with E-state index in [1.54, 1.807) is 23.1 Å². The lowest BCUT2D eigenvalue weighted by atomic mass is 9.95. The Kier molecular flexibility index (Phi) is 6.30. The SMILES string of the molecule is O=C(NC[C@@]1(O)CCCN(CCCn2cnnn2)CC1)c1ccccc1. The Hall–Kier alpha value is -2.32. The molecule has 1 aliphatic heterocycles. The van der Waals surface area contributed by atoms with E-state index >= 15 is 0 Å². The van der Waals surface area contributed by atoms with E-state index in [2.05, 4.69) is 25.7 Å². The lowest BCUT2D eigenvalue weighted by molar-refractivity contribution is 0.0250. The first-order valence-electron chi connectivity index (χ1n) is 9.13. The maximum absolute atomic E-state index is 12.2. The molecule has 0 bridgehead atoms. The minimum absolute atomic E-state index is 0.137. The van der Waals surface area contributed by atoms with Crippen LogP contribution in [0.2, 0.25) is 0 Å². The van der Waals surface area contributed by atoms with Crippen molar-refractivity contribution in [1.29, 1.82) is 0 Å². The molecule has 2 aromatic rings. The third-order valence-corrected chi connectivity index (χ3v) is 4.88. The van der Waals surface area contributed by atoms with Gasteiger partial charge in [0.15, 0.2) is 0 Å². The fourth-order valence-corrected chi connectivity index (χ4v) is 3.31. The summed E-state index contributed by atoms with van der Waals surface area (Å²) >= 11 is 0. The smallest absolute Gasteiger partial charge is 0.251 e. The summed E-state index contributed by atoms with van der Waals surface area (Å²) in [5, 5.41) is 24.9. The first-order chi connectivity index (χ1) is 12.6. The highest BCUT2D eigenvalue weighted by molar-refractivity contribution is 5.94. The third-order valence-electron chi connectivity index (χ3n) is 4.88. The molecular weight excluding hydrogens is 332 g/mol. The van der Waals surface area contributed by atoms with Gasteiger partial charge in [-0.05, 0) is 61.3 Å². The molecule has 1 aromatic heterocycles. The van der Waals surface area contributed by atoms with Crippen LogP contribution in [-0.4, -0.2) is 67.9 Å². The quantitative estimate of drug-likeness (QED) is 0.757. The van der Waals surface area contributed by atoms with Crippen molar-refractivity contribution < 1.29 is 9.90 Å². The Morgan fingerprint density at radius 1 is 1.19 bits per heavy atom. The third kappa shape index (κ3) is 5.34. The molecule has 1 aliphatic rings.